The Hall–Kier alpha value is -1.32. The SMILES string of the molecule is CC1(C)C2CCC1(C)C(n1c(=O)cc[nH]c1=O)C2. The molecule has 1 aromatic heterocycles. The number of hydrogen-bond acceptors (Lipinski definition) is 2. The molecule has 2 bridgehead atoms. The molecule has 2 aliphatic carbocycles. The first-order valence-electron chi connectivity index (χ1n) is 6.68. The van der Waals surface area contributed by atoms with Gasteiger partial charge in [-0.05, 0) is 36.0 Å². The smallest absolute Gasteiger partial charge is 0.314 e. The minimum atomic E-state index is -0.267. The van der Waals surface area contributed by atoms with E-state index in [1.165, 1.54) is 23.3 Å². The highest BCUT2D eigenvalue weighted by atomic mass is 16.2. The van der Waals surface area contributed by atoms with Crippen LogP contribution in [-0.4, -0.2) is 9.55 Å². The number of H-pyrrole nitrogens is 1. The fraction of sp³-hybridized carbons (Fsp3) is 0.714. The van der Waals surface area contributed by atoms with E-state index in [4.69, 9.17) is 0 Å². The summed E-state index contributed by atoms with van der Waals surface area (Å²) in [7, 11) is 0. The van der Waals surface area contributed by atoms with E-state index in [2.05, 4.69) is 25.8 Å². The monoisotopic (exact) mass is 248 g/mol. The van der Waals surface area contributed by atoms with Crippen molar-refractivity contribution in [3.63, 3.8) is 0 Å². The molecule has 0 saturated heterocycles. The van der Waals surface area contributed by atoms with Crippen LogP contribution in [0.3, 0.4) is 0 Å². The van der Waals surface area contributed by atoms with Gasteiger partial charge in [0.05, 0.1) is 0 Å². The molecule has 0 aromatic carbocycles. The second-order valence-corrected chi connectivity index (χ2v) is 6.62. The van der Waals surface area contributed by atoms with Crippen LogP contribution in [-0.2, 0) is 0 Å². The molecule has 2 aliphatic rings. The summed E-state index contributed by atoms with van der Waals surface area (Å²) in [6.45, 7) is 6.81. The summed E-state index contributed by atoms with van der Waals surface area (Å²) in [5.41, 5.74) is -0.180. The van der Waals surface area contributed by atoms with E-state index < -0.39 is 0 Å². The van der Waals surface area contributed by atoms with Gasteiger partial charge in [0, 0.05) is 18.3 Å². The van der Waals surface area contributed by atoms with Gasteiger partial charge in [-0.3, -0.25) is 9.36 Å². The topological polar surface area (TPSA) is 54.9 Å². The normalized spacial score (nSPS) is 37.1. The number of nitrogens with one attached hydrogen (secondary N) is 1. The average molecular weight is 248 g/mol. The lowest BCUT2D eigenvalue weighted by Gasteiger charge is -2.39. The maximum absolute atomic E-state index is 12.0. The number of nitrogens with zero attached hydrogens (tertiary/aromatic N) is 1. The van der Waals surface area contributed by atoms with E-state index >= 15 is 0 Å². The Balaban J connectivity index is 2.17. The summed E-state index contributed by atoms with van der Waals surface area (Å²) < 4.78 is 1.45. The van der Waals surface area contributed by atoms with Crippen molar-refractivity contribution in [3.8, 4) is 0 Å². The lowest BCUT2D eigenvalue weighted by Crippen LogP contribution is -2.44. The van der Waals surface area contributed by atoms with Gasteiger partial charge in [-0.25, -0.2) is 4.79 Å². The van der Waals surface area contributed by atoms with E-state index in [-0.39, 0.29) is 28.1 Å². The zero-order chi connectivity index (χ0) is 13.1. The van der Waals surface area contributed by atoms with E-state index in [1.807, 2.05) is 0 Å². The summed E-state index contributed by atoms with van der Waals surface area (Å²) in [4.78, 5) is 26.6. The van der Waals surface area contributed by atoms with E-state index in [1.54, 1.807) is 0 Å². The third kappa shape index (κ3) is 1.21. The minimum absolute atomic E-state index is 0.0451. The predicted molar refractivity (Wildman–Crippen MR) is 69.6 cm³/mol. The third-order valence-electron chi connectivity index (χ3n) is 5.95. The molecule has 1 N–H and O–H groups in total. The largest absolute Gasteiger partial charge is 0.328 e. The number of aromatic nitrogens is 2. The quantitative estimate of drug-likeness (QED) is 0.825. The lowest BCUT2D eigenvalue weighted by molar-refractivity contribution is 0.103. The average Bonchev–Trinajstić information content (AvgIpc) is 2.62. The molecule has 2 fully saturated rings. The van der Waals surface area contributed by atoms with Crippen LogP contribution in [0.5, 0.6) is 0 Å². The van der Waals surface area contributed by atoms with Crippen molar-refractivity contribution >= 4 is 0 Å². The van der Waals surface area contributed by atoms with Crippen molar-refractivity contribution in [2.75, 3.05) is 0 Å². The fourth-order valence-corrected chi connectivity index (χ4v) is 4.28. The lowest BCUT2D eigenvalue weighted by atomic mass is 9.69. The second kappa shape index (κ2) is 3.37. The Morgan fingerprint density at radius 1 is 1.33 bits per heavy atom. The maximum atomic E-state index is 12.0. The Morgan fingerprint density at radius 2 is 2.06 bits per heavy atom. The van der Waals surface area contributed by atoms with Gasteiger partial charge in [-0.15, -0.1) is 0 Å². The van der Waals surface area contributed by atoms with Gasteiger partial charge in [-0.2, -0.15) is 0 Å². The highest BCUT2D eigenvalue weighted by Gasteiger charge is 2.62. The molecule has 3 rings (SSSR count). The summed E-state index contributed by atoms with van der Waals surface area (Å²) in [5.74, 6) is 0.624. The van der Waals surface area contributed by atoms with Crippen molar-refractivity contribution < 1.29 is 0 Å². The highest BCUT2D eigenvalue weighted by molar-refractivity contribution is 5.12. The molecule has 4 nitrogen and oxygen atoms in total. The van der Waals surface area contributed by atoms with Crippen LogP contribution in [0.15, 0.2) is 21.9 Å². The van der Waals surface area contributed by atoms with Crippen LogP contribution in [0.4, 0.5) is 0 Å². The Bertz CT molecular complexity index is 570. The summed E-state index contributed by atoms with van der Waals surface area (Å²) in [5, 5.41) is 0. The van der Waals surface area contributed by atoms with Crippen LogP contribution >= 0.6 is 0 Å². The first-order chi connectivity index (χ1) is 8.38. The molecule has 4 heteroatoms. The zero-order valence-electron chi connectivity index (χ0n) is 11.2. The summed E-state index contributed by atoms with van der Waals surface area (Å²) >= 11 is 0. The van der Waals surface area contributed by atoms with Gasteiger partial charge in [0.25, 0.3) is 5.56 Å². The van der Waals surface area contributed by atoms with Gasteiger partial charge in [0.1, 0.15) is 0 Å². The maximum Gasteiger partial charge on any atom is 0.328 e. The second-order valence-electron chi connectivity index (χ2n) is 6.62. The van der Waals surface area contributed by atoms with Gasteiger partial charge < -0.3 is 4.98 Å². The predicted octanol–water partition coefficient (Wildman–Crippen LogP) is 1.92. The van der Waals surface area contributed by atoms with Crippen LogP contribution in [0, 0.1) is 16.7 Å². The molecule has 3 atom stereocenters. The standard InChI is InChI=1S/C14H20N2O2/c1-13(2)9-4-6-14(13,3)10(8-9)16-11(17)5-7-15-12(16)18/h5,7,9-10H,4,6,8H2,1-3H3,(H,15,18). The molecule has 2 saturated carbocycles. The van der Waals surface area contributed by atoms with E-state index in [9.17, 15) is 9.59 Å². The molecule has 0 aliphatic heterocycles. The third-order valence-corrected chi connectivity index (χ3v) is 5.95. The molecular formula is C14H20N2O2. The number of hydrogen-bond donors (Lipinski definition) is 1. The minimum Gasteiger partial charge on any atom is -0.314 e. The van der Waals surface area contributed by atoms with Crippen molar-refractivity contribution in [1.82, 2.24) is 9.55 Å². The van der Waals surface area contributed by atoms with Crippen molar-refractivity contribution in [2.45, 2.75) is 46.1 Å². The van der Waals surface area contributed by atoms with Crippen LogP contribution in [0.2, 0.25) is 0 Å². The first kappa shape index (κ1) is 11.8. The van der Waals surface area contributed by atoms with Gasteiger partial charge in [0.2, 0.25) is 0 Å². The molecule has 1 heterocycles. The molecule has 98 valence electrons. The number of rotatable bonds is 1. The molecule has 0 spiro atoms. The Morgan fingerprint density at radius 3 is 2.56 bits per heavy atom. The molecule has 0 amide bonds. The van der Waals surface area contributed by atoms with Crippen LogP contribution in [0.25, 0.3) is 0 Å². The van der Waals surface area contributed by atoms with Crippen molar-refractivity contribution in [3.05, 3.63) is 33.1 Å². The van der Waals surface area contributed by atoms with Crippen molar-refractivity contribution in [2.24, 2.45) is 16.7 Å². The first-order valence-corrected chi connectivity index (χ1v) is 6.68. The highest BCUT2D eigenvalue weighted by Crippen LogP contribution is 2.69. The molecule has 3 unspecified atom stereocenters. The van der Waals surface area contributed by atoms with Gasteiger partial charge in [-0.1, -0.05) is 20.8 Å². The van der Waals surface area contributed by atoms with Crippen molar-refractivity contribution in [1.29, 1.82) is 0 Å². The fourth-order valence-electron chi connectivity index (χ4n) is 4.28. The van der Waals surface area contributed by atoms with Crippen LogP contribution < -0.4 is 11.2 Å². The van der Waals surface area contributed by atoms with E-state index in [0.717, 1.165) is 12.8 Å². The zero-order valence-corrected chi connectivity index (χ0v) is 11.2. The molecule has 0 radical (unpaired) electrons. The molecule has 18 heavy (non-hydrogen) atoms. The number of fused-ring (bicyclic) bond motifs is 2. The number of aromatic amines is 1. The summed E-state index contributed by atoms with van der Waals surface area (Å²) in [6, 6.07) is 1.49. The Labute approximate surface area is 106 Å². The van der Waals surface area contributed by atoms with Crippen LogP contribution in [0.1, 0.15) is 46.1 Å². The molecule has 1 aromatic rings. The molecular weight excluding hydrogens is 228 g/mol. The van der Waals surface area contributed by atoms with Gasteiger partial charge >= 0.3 is 5.69 Å². The van der Waals surface area contributed by atoms with E-state index in [0.29, 0.717) is 5.92 Å². The Kier molecular flexibility index (Phi) is 2.20. The summed E-state index contributed by atoms with van der Waals surface area (Å²) in [6.07, 6.45) is 4.72. The van der Waals surface area contributed by atoms with Gasteiger partial charge in [0.15, 0.2) is 0 Å².